The third-order valence-electron chi connectivity index (χ3n) is 7.73. The van der Waals surface area contributed by atoms with Crippen molar-refractivity contribution in [3.05, 3.63) is 25.3 Å². The summed E-state index contributed by atoms with van der Waals surface area (Å²) in [4.78, 5) is 24.3. The van der Waals surface area contributed by atoms with Gasteiger partial charge in [0.05, 0.1) is 31.9 Å². The number of alkyl halides is 2. The number of anilines is 2. The van der Waals surface area contributed by atoms with Crippen LogP contribution in [0, 0.1) is 5.92 Å². The average Bonchev–Trinajstić information content (AvgIpc) is 3.73. The Labute approximate surface area is 256 Å². The van der Waals surface area contributed by atoms with Crippen LogP contribution in [0.1, 0.15) is 18.7 Å². The van der Waals surface area contributed by atoms with E-state index < -0.39 is 75.7 Å². The highest BCUT2D eigenvalue weighted by Crippen LogP contribution is 2.61. The molecule has 236 valence electrons. The normalized spacial score (nSPS) is 38.3. The van der Waals surface area contributed by atoms with E-state index in [1.54, 1.807) is 0 Å². The molecule has 17 nitrogen and oxygen atoms in total. The van der Waals surface area contributed by atoms with Crippen LogP contribution in [0.15, 0.2) is 25.3 Å². The lowest BCUT2D eigenvalue weighted by molar-refractivity contribution is -0.0451. The number of fused-ring (bicyclic) bond motifs is 4. The summed E-state index contributed by atoms with van der Waals surface area (Å²) < 4.78 is 89.5. The predicted molar refractivity (Wildman–Crippen MR) is 155 cm³/mol. The Morgan fingerprint density at radius 3 is 2.02 bits per heavy atom. The summed E-state index contributed by atoms with van der Waals surface area (Å²) in [6.07, 6.45) is -4.51. The van der Waals surface area contributed by atoms with E-state index in [-0.39, 0.29) is 40.4 Å². The van der Waals surface area contributed by atoms with Crippen molar-refractivity contribution in [2.75, 3.05) is 24.7 Å². The Balaban J connectivity index is 1.17. The number of nitrogen functional groups attached to an aromatic ring is 2. The average molecular weight is 693 g/mol. The van der Waals surface area contributed by atoms with Gasteiger partial charge in [-0.15, -0.1) is 0 Å². The van der Waals surface area contributed by atoms with Gasteiger partial charge >= 0.3 is 13.6 Å². The van der Waals surface area contributed by atoms with E-state index in [1.165, 1.54) is 34.4 Å². The molecule has 0 radical (unpaired) electrons. The second kappa shape index (κ2) is 11.1. The fourth-order valence-electron chi connectivity index (χ4n) is 5.70. The highest BCUT2D eigenvalue weighted by molar-refractivity contribution is 8.44. The first kappa shape index (κ1) is 30.2. The summed E-state index contributed by atoms with van der Waals surface area (Å²) in [5.74, 6) is -0.687. The summed E-state index contributed by atoms with van der Waals surface area (Å²) in [6, 6.07) is -0.937. The highest BCUT2D eigenvalue weighted by atomic mass is 32.7. The molecule has 4 aromatic heterocycles. The number of thiol groups is 2. The number of nitrogens with two attached hydrogens (primary N) is 2. The van der Waals surface area contributed by atoms with E-state index in [9.17, 15) is 9.13 Å². The molecule has 2 unspecified atom stereocenters. The largest absolute Gasteiger partial charge is 0.386 e. The zero-order valence-electron chi connectivity index (χ0n) is 22.2. The molecule has 6 heterocycles. The third-order valence-corrected chi connectivity index (χ3v) is 11.0. The molecule has 23 heteroatoms. The van der Waals surface area contributed by atoms with Crippen molar-refractivity contribution < 1.29 is 40.7 Å². The Kier molecular flexibility index (Phi) is 7.61. The third kappa shape index (κ3) is 5.27. The first-order valence-electron chi connectivity index (χ1n) is 13.0. The zero-order chi connectivity index (χ0) is 31.0. The van der Waals surface area contributed by atoms with Gasteiger partial charge in [-0.05, 0) is 6.42 Å². The molecule has 0 bridgehead atoms. The van der Waals surface area contributed by atoms with Crippen molar-refractivity contribution in [2.24, 2.45) is 5.92 Å². The Bertz CT molecular complexity index is 1710. The lowest BCUT2D eigenvalue weighted by atomic mass is 10.1. The summed E-state index contributed by atoms with van der Waals surface area (Å²) in [5, 5.41) is 0. The molecular weight excluding hydrogens is 668 g/mol. The van der Waals surface area contributed by atoms with Gasteiger partial charge < -0.3 is 25.3 Å². The maximum Gasteiger partial charge on any atom is 0.386 e. The van der Waals surface area contributed by atoms with E-state index in [2.05, 4.69) is 54.4 Å². The standard InChI is InChI=1S/C21H24F2N10O7P2S2/c22-11-9(32-6-30-13-17(24)26-4-28-19(13)32)1-8-2-36-41(34,43)40-16-10(3-37-42(35,44)39-15(8)11)38-21(12(16)23)33-7-31-14-18(25)27-5-29-20(14)33/h4-12,15-16,21H,1-3H2,(H,34,43)(H,35,44)(H2,24,26,28)(H2,25,27,29)/t8?,9-,10?,11+,12-,15-,16-,21-,41-,42-/m1/s1. The van der Waals surface area contributed by atoms with E-state index >= 15 is 8.78 Å². The second-order valence-electron chi connectivity index (χ2n) is 10.4. The molecule has 2 aliphatic heterocycles. The van der Waals surface area contributed by atoms with Crippen molar-refractivity contribution in [2.45, 2.75) is 49.3 Å². The first-order valence-corrected chi connectivity index (χ1v) is 18.4. The van der Waals surface area contributed by atoms with Crippen molar-refractivity contribution in [3.8, 4) is 0 Å². The van der Waals surface area contributed by atoms with Crippen LogP contribution in [-0.2, 0) is 32.0 Å². The van der Waals surface area contributed by atoms with Gasteiger partial charge in [0.1, 0.15) is 48.2 Å². The van der Waals surface area contributed by atoms with Gasteiger partial charge in [0, 0.05) is 5.92 Å². The maximum absolute atomic E-state index is 16.1. The minimum Gasteiger partial charge on any atom is -0.382 e. The molecule has 0 spiro atoms. The van der Waals surface area contributed by atoms with Crippen LogP contribution < -0.4 is 11.5 Å². The Morgan fingerprint density at radius 1 is 0.795 bits per heavy atom. The number of imidazole rings is 2. The minimum atomic E-state index is -4.31. The molecule has 2 saturated heterocycles. The summed E-state index contributed by atoms with van der Waals surface area (Å²) in [6.45, 7) is -9.65. The molecule has 1 saturated carbocycles. The van der Waals surface area contributed by atoms with Gasteiger partial charge in [-0.1, -0.05) is 24.5 Å². The van der Waals surface area contributed by atoms with Gasteiger partial charge in [0.15, 0.2) is 35.3 Å². The number of hydrogen-bond acceptors (Lipinski definition) is 15. The molecule has 0 amide bonds. The predicted octanol–water partition coefficient (Wildman–Crippen LogP) is 2.86. The van der Waals surface area contributed by atoms with Gasteiger partial charge in [-0.25, -0.2) is 47.8 Å². The van der Waals surface area contributed by atoms with E-state index in [4.69, 9.17) is 34.3 Å². The summed E-state index contributed by atoms with van der Waals surface area (Å²) in [5.41, 5.74) is 12.6. The fourth-order valence-corrected chi connectivity index (χ4v) is 8.75. The Morgan fingerprint density at radius 2 is 1.36 bits per heavy atom. The van der Waals surface area contributed by atoms with E-state index in [0.29, 0.717) is 0 Å². The SMILES string of the molecule is Nc1ncnc2c1ncn2[C@@H]1CC2CO[P@@](=O)(S)O[C@@H]3C(CO[P@@](=O)(S)O[C@H]2[C@H]1F)O[C@@H](n1cnc2c(N)ncnc21)[C@@H]3F. The molecule has 3 fully saturated rings. The van der Waals surface area contributed by atoms with Crippen molar-refractivity contribution in [1.82, 2.24) is 39.0 Å². The van der Waals surface area contributed by atoms with Crippen LogP contribution in [0.2, 0.25) is 0 Å². The van der Waals surface area contributed by atoms with Gasteiger partial charge in [-0.2, -0.15) is 0 Å². The van der Waals surface area contributed by atoms with Crippen molar-refractivity contribution in [3.63, 3.8) is 0 Å². The lowest BCUT2D eigenvalue weighted by Gasteiger charge is -2.29. The second-order valence-corrected chi connectivity index (χ2v) is 16.1. The van der Waals surface area contributed by atoms with Crippen LogP contribution >= 0.6 is 38.1 Å². The first-order chi connectivity index (χ1) is 20.9. The van der Waals surface area contributed by atoms with Crippen LogP contribution in [0.25, 0.3) is 22.3 Å². The molecule has 4 aromatic rings. The minimum absolute atomic E-state index is 0.0322. The smallest absolute Gasteiger partial charge is 0.382 e. The fraction of sp³-hybridized carbons (Fsp3) is 0.524. The summed E-state index contributed by atoms with van der Waals surface area (Å²) in [7, 11) is 0. The lowest BCUT2D eigenvalue weighted by Crippen LogP contribution is -2.35. The quantitative estimate of drug-likeness (QED) is 0.175. The van der Waals surface area contributed by atoms with Crippen LogP contribution in [-0.4, -0.2) is 82.9 Å². The van der Waals surface area contributed by atoms with Crippen molar-refractivity contribution in [1.29, 1.82) is 0 Å². The monoisotopic (exact) mass is 692 g/mol. The van der Waals surface area contributed by atoms with Crippen LogP contribution in [0.3, 0.4) is 0 Å². The molecule has 1 aliphatic carbocycles. The van der Waals surface area contributed by atoms with Gasteiger partial charge in [0.2, 0.25) is 0 Å². The van der Waals surface area contributed by atoms with Gasteiger partial charge in [0.25, 0.3) is 0 Å². The van der Waals surface area contributed by atoms with Crippen LogP contribution in [0.5, 0.6) is 0 Å². The van der Waals surface area contributed by atoms with E-state index in [1.807, 2.05) is 0 Å². The molecular formula is C21H24F2N10O7P2S2. The number of nitrogens with zero attached hydrogens (tertiary/aromatic N) is 8. The van der Waals surface area contributed by atoms with E-state index in [0.717, 1.165) is 0 Å². The molecule has 0 aromatic carbocycles. The van der Waals surface area contributed by atoms with Crippen LogP contribution in [0.4, 0.5) is 20.4 Å². The zero-order valence-corrected chi connectivity index (χ0v) is 25.8. The number of halogens is 2. The summed E-state index contributed by atoms with van der Waals surface area (Å²) >= 11 is 8.10. The Hall–Kier alpha value is -2.48. The highest BCUT2D eigenvalue weighted by Gasteiger charge is 2.53. The molecule has 10 atom stereocenters. The van der Waals surface area contributed by atoms with Crippen molar-refractivity contribution >= 4 is 72.1 Å². The number of hydrogen-bond donors (Lipinski definition) is 4. The number of ether oxygens (including phenoxy) is 1. The maximum atomic E-state index is 16.1. The molecule has 4 N–H and O–H groups in total. The molecule has 44 heavy (non-hydrogen) atoms. The number of rotatable bonds is 2. The number of aromatic nitrogens is 8. The molecule has 7 rings (SSSR count). The topological polar surface area (TPSA) is 220 Å². The van der Waals surface area contributed by atoms with Gasteiger partial charge in [-0.3, -0.25) is 18.1 Å². The molecule has 3 aliphatic rings.